The molecule has 4 heterocycles. The predicted molar refractivity (Wildman–Crippen MR) is 218 cm³/mol. The van der Waals surface area contributed by atoms with Gasteiger partial charge in [-0.15, -0.1) is 0 Å². The zero-order chi connectivity index (χ0) is 42.3. The summed E-state index contributed by atoms with van der Waals surface area (Å²) in [6, 6.07) is 13.8. The number of fused-ring (bicyclic) bond motifs is 1. The maximum Gasteiger partial charge on any atom is 0.272 e. The molecule has 1 atom stereocenters. The van der Waals surface area contributed by atoms with Gasteiger partial charge in [-0.3, -0.25) is 29.4 Å². The SMILES string of the molecule is CC1(C)[C@H](NC(=O)c2ccc(N3CCN(CCCCCOc4cccc5c4S(=O)(=O)N(C4CCC(=O)NC4=O)C5=O)CC3)nc2)C(C)(C)[C@H]1Oc1ccc(C#N)c(Cl)c1. The second-order valence-corrected chi connectivity index (χ2v) is 18.8. The smallest absolute Gasteiger partial charge is 0.272 e. The number of carbonyl (C=O) groups excluding carboxylic acids is 4. The number of imide groups is 1. The molecule has 1 unspecified atom stereocenters. The molecule has 1 aromatic heterocycles. The Morgan fingerprint density at radius 1 is 1.02 bits per heavy atom. The highest BCUT2D eigenvalue weighted by molar-refractivity contribution is 7.90. The number of anilines is 1. The second kappa shape index (κ2) is 16.4. The lowest BCUT2D eigenvalue weighted by atomic mass is 9.49. The lowest BCUT2D eigenvalue weighted by Crippen LogP contribution is -2.74. The molecule has 2 saturated heterocycles. The summed E-state index contributed by atoms with van der Waals surface area (Å²) in [7, 11) is -4.35. The first kappa shape index (κ1) is 41.9. The Labute approximate surface area is 349 Å². The van der Waals surface area contributed by atoms with Crippen molar-refractivity contribution >= 4 is 51.1 Å². The maximum absolute atomic E-state index is 13.5. The topological polar surface area (TPSA) is 191 Å². The van der Waals surface area contributed by atoms with E-state index in [4.69, 9.17) is 21.1 Å². The monoisotopic (exact) mass is 845 g/mol. The van der Waals surface area contributed by atoms with E-state index in [2.05, 4.69) is 59.2 Å². The van der Waals surface area contributed by atoms with Crippen LogP contribution < -0.4 is 25.0 Å². The van der Waals surface area contributed by atoms with Crippen LogP contribution in [0.15, 0.2) is 59.6 Å². The minimum absolute atomic E-state index is 0.0465. The van der Waals surface area contributed by atoms with E-state index in [0.717, 1.165) is 51.4 Å². The van der Waals surface area contributed by atoms with E-state index in [-0.39, 0.29) is 64.5 Å². The number of rotatable bonds is 13. The van der Waals surface area contributed by atoms with Crippen molar-refractivity contribution in [3.63, 3.8) is 0 Å². The fraction of sp³-hybridized carbons (Fsp3) is 0.476. The molecule has 3 aliphatic heterocycles. The number of sulfonamides is 1. The molecule has 3 fully saturated rings. The van der Waals surface area contributed by atoms with Crippen LogP contribution in [0.2, 0.25) is 5.02 Å². The van der Waals surface area contributed by atoms with Crippen molar-refractivity contribution < 1.29 is 37.1 Å². The van der Waals surface area contributed by atoms with E-state index in [1.54, 1.807) is 30.5 Å². The van der Waals surface area contributed by atoms with Crippen molar-refractivity contribution in [2.45, 2.75) is 82.9 Å². The van der Waals surface area contributed by atoms with Crippen molar-refractivity contribution in [2.24, 2.45) is 10.8 Å². The van der Waals surface area contributed by atoms with E-state index in [1.807, 2.05) is 12.1 Å². The summed E-state index contributed by atoms with van der Waals surface area (Å²) in [5.41, 5.74) is 0.0422. The van der Waals surface area contributed by atoms with Gasteiger partial charge in [-0.2, -0.15) is 5.26 Å². The number of unbranched alkanes of at least 4 members (excludes halogenated alkanes) is 2. The quantitative estimate of drug-likeness (QED) is 0.181. The molecule has 0 spiro atoms. The summed E-state index contributed by atoms with van der Waals surface area (Å²) in [4.78, 5) is 59.6. The molecule has 2 N–H and O–H groups in total. The average Bonchev–Trinajstić information content (AvgIpc) is 3.41. The third-order valence-electron chi connectivity index (χ3n) is 11.9. The largest absolute Gasteiger partial charge is 0.492 e. The first-order valence-corrected chi connectivity index (χ1v) is 21.6. The zero-order valence-electron chi connectivity index (χ0n) is 33.5. The van der Waals surface area contributed by atoms with E-state index in [9.17, 15) is 32.9 Å². The maximum atomic E-state index is 13.5. The number of hydrogen-bond donors (Lipinski definition) is 2. The number of carbonyl (C=O) groups is 4. The Balaban J connectivity index is 0.831. The molecule has 312 valence electrons. The Morgan fingerprint density at radius 3 is 2.42 bits per heavy atom. The molecular formula is C42H48ClN7O8S. The summed E-state index contributed by atoms with van der Waals surface area (Å²) in [5, 5.41) is 14.9. The number of amides is 4. The Kier molecular flexibility index (Phi) is 11.7. The van der Waals surface area contributed by atoms with Crippen molar-refractivity contribution in [3.8, 4) is 17.6 Å². The van der Waals surface area contributed by atoms with Crippen LogP contribution in [0.5, 0.6) is 11.5 Å². The first-order valence-electron chi connectivity index (χ1n) is 19.8. The van der Waals surface area contributed by atoms with Crippen LogP contribution in [0.4, 0.5) is 5.82 Å². The number of benzene rings is 2. The molecular weight excluding hydrogens is 798 g/mol. The summed E-state index contributed by atoms with van der Waals surface area (Å²) >= 11 is 6.23. The third-order valence-corrected chi connectivity index (χ3v) is 14.1. The zero-order valence-corrected chi connectivity index (χ0v) is 35.1. The van der Waals surface area contributed by atoms with E-state index < -0.39 is 33.8 Å². The van der Waals surface area contributed by atoms with Gasteiger partial charge in [-0.25, -0.2) is 17.7 Å². The van der Waals surface area contributed by atoms with Crippen LogP contribution in [-0.4, -0.2) is 104 Å². The predicted octanol–water partition coefficient (Wildman–Crippen LogP) is 4.54. The molecule has 4 aliphatic rings. The molecule has 3 aromatic rings. The van der Waals surface area contributed by atoms with Gasteiger partial charge in [0.15, 0.2) is 0 Å². The van der Waals surface area contributed by atoms with Crippen LogP contribution in [0.25, 0.3) is 0 Å². The van der Waals surface area contributed by atoms with Crippen LogP contribution >= 0.6 is 11.6 Å². The van der Waals surface area contributed by atoms with Gasteiger partial charge in [-0.1, -0.05) is 45.4 Å². The molecule has 7 rings (SSSR count). The molecule has 2 aromatic carbocycles. The summed E-state index contributed by atoms with van der Waals surface area (Å²) in [5.74, 6) is -0.853. The van der Waals surface area contributed by atoms with Crippen molar-refractivity contribution in [1.82, 2.24) is 24.8 Å². The molecule has 0 bridgehead atoms. The molecule has 4 amide bonds. The number of aromatic nitrogens is 1. The molecule has 59 heavy (non-hydrogen) atoms. The van der Waals surface area contributed by atoms with E-state index in [0.29, 0.717) is 32.6 Å². The number of halogens is 1. The van der Waals surface area contributed by atoms with Gasteiger partial charge in [0.2, 0.25) is 5.91 Å². The van der Waals surface area contributed by atoms with Gasteiger partial charge in [0.25, 0.3) is 27.7 Å². The highest BCUT2D eigenvalue weighted by Gasteiger charge is 2.64. The van der Waals surface area contributed by atoms with Crippen LogP contribution in [0.3, 0.4) is 0 Å². The van der Waals surface area contributed by atoms with Crippen LogP contribution in [0, 0.1) is 22.2 Å². The van der Waals surface area contributed by atoms with Crippen molar-refractivity contribution in [3.05, 3.63) is 76.4 Å². The summed E-state index contributed by atoms with van der Waals surface area (Å²) in [6.45, 7) is 12.7. The Morgan fingerprint density at radius 2 is 1.76 bits per heavy atom. The number of pyridine rings is 1. The van der Waals surface area contributed by atoms with E-state index in [1.165, 1.54) is 12.1 Å². The highest BCUT2D eigenvalue weighted by atomic mass is 35.5. The Hall–Kier alpha value is -5.24. The summed E-state index contributed by atoms with van der Waals surface area (Å²) < 4.78 is 39.8. The number of hydrogen-bond acceptors (Lipinski definition) is 12. The van der Waals surface area contributed by atoms with Gasteiger partial charge < -0.3 is 19.7 Å². The lowest BCUT2D eigenvalue weighted by molar-refractivity contribution is -0.164. The fourth-order valence-corrected chi connectivity index (χ4v) is 11.2. The minimum atomic E-state index is -4.35. The molecule has 0 radical (unpaired) electrons. The number of nitrogens with one attached hydrogen (secondary N) is 2. The van der Waals surface area contributed by atoms with Gasteiger partial charge >= 0.3 is 0 Å². The van der Waals surface area contributed by atoms with Crippen LogP contribution in [-0.2, 0) is 19.6 Å². The normalized spacial score (nSPS) is 23.1. The fourth-order valence-electron chi connectivity index (χ4n) is 9.12. The van der Waals surface area contributed by atoms with Crippen molar-refractivity contribution in [2.75, 3.05) is 44.2 Å². The summed E-state index contributed by atoms with van der Waals surface area (Å²) in [6.07, 6.45) is 3.73. The third kappa shape index (κ3) is 8.07. The Bertz CT molecular complexity index is 2290. The number of piperidine rings is 1. The average molecular weight is 846 g/mol. The second-order valence-electron chi connectivity index (χ2n) is 16.6. The number of nitriles is 1. The van der Waals surface area contributed by atoms with Gasteiger partial charge in [0.05, 0.1) is 28.3 Å². The number of piperazine rings is 1. The molecule has 1 aliphatic carbocycles. The number of ether oxygens (including phenoxy) is 2. The van der Waals surface area contributed by atoms with Crippen molar-refractivity contribution in [1.29, 1.82) is 5.26 Å². The standard InChI is InChI=1S/C42H48ClN7O8S/c1-41(2)39(42(3,4)40(41)58-28-13-11-26(24-44)30(43)23-28)47-36(52)27-12-15-33(45-25-27)49-20-18-48(19-21-49)17-6-5-7-22-57-32-10-8-9-29-35(32)59(55,56)50(38(29)54)31-14-16-34(51)46-37(31)53/h8-13,15,23,25,31,39-40H,5-7,14,16-22H2,1-4H3,(H,47,52)(H,46,51,53)/t31?,39-,40-. The number of nitrogens with zero attached hydrogens (tertiary/aromatic N) is 5. The molecule has 17 heteroatoms. The molecule has 1 saturated carbocycles. The minimum Gasteiger partial charge on any atom is -0.492 e. The highest BCUT2D eigenvalue weighted by Crippen LogP contribution is 2.55. The van der Waals surface area contributed by atoms with Crippen LogP contribution in [0.1, 0.15) is 86.1 Å². The van der Waals surface area contributed by atoms with E-state index >= 15 is 0 Å². The molecule has 15 nitrogen and oxygen atoms in total. The lowest BCUT2D eigenvalue weighted by Gasteiger charge is -2.63. The van der Waals surface area contributed by atoms with Gasteiger partial charge in [-0.05, 0) is 68.6 Å². The first-order chi connectivity index (χ1) is 28.0. The van der Waals surface area contributed by atoms with Gasteiger partial charge in [0.1, 0.15) is 40.4 Å². The van der Waals surface area contributed by atoms with Gasteiger partial charge in [0, 0.05) is 61.7 Å².